The Morgan fingerprint density at radius 2 is 1.74 bits per heavy atom. The van der Waals surface area contributed by atoms with Crippen molar-refractivity contribution in [1.29, 1.82) is 0 Å². The Morgan fingerprint density at radius 3 is 2.43 bits per heavy atom. The van der Waals surface area contributed by atoms with Crippen LogP contribution in [0.15, 0.2) is 65.7 Å². The van der Waals surface area contributed by atoms with Gasteiger partial charge in [0, 0.05) is 11.3 Å². The number of benzene rings is 3. The fourth-order valence-corrected chi connectivity index (χ4v) is 3.68. The largest absolute Gasteiger partial charge is 0.496 e. The molecular formula is C25H20F3N3O4. The Balaban J connectivity index is 1.71. The number of halogens is 3. The number of carbonyl (C=O) groups excluding carboxylic acids is 1. The normalized spacial score (nSPS) is 11.4. The number of rotatable bonds is 5. The number of ether oxygens (including phenoxy) is 2. The summed E-state index contributed by atoms with van der Waals surface area (Å²) in [7, 11) is 2.61. The molecule has 0 aliphatic carbocycles. The number of aryl methyl sites for hydroxylation is 1. The highest BCUT2D eigenvalue weighted by Crippen LogP contribution is 2.36. The smallest absolute Gasteiger partial charge is 0.419 e. The zero-order chi connectivity index (χ0) is 25.3. The summed E-state index contributed by atoms with van der Waals surface area (Å²) in [5, 5.41) is 2.93. The summed E-state index contributed by atoms with van der Waals surface area (Å²) in [6.45, 7) is 1.78. The number of nitrogens with zero attached hydrogens (tertiary/aromatic N) is 2. The van der Waals surface area contributed by atoms with Crippen LogP contribution >= 0.6 is 0 Å². The number of fused-ring (bicyclic) bond motifs is 1. The van der Waals surface area contributed by atoms with Gasteiger partial charge in [-0.15, -0.1) is 0 Å². The van der Waals surface area contributed by atoms with Gasteiger partial charge in [-0.1, -0.05) is 12.1 Å². The van der Waals surface area contributed by atoms with Crippen molar-refractivity contribution in [2.75, 3.05) is 19.5 Å². The molecule has 0 saturated carbocycles. The molecule has 4 aromatic rings. The third-order valence-corrected chi connectivity index (χ3v) is 5.46. The number of para-hydroxylation sites is 1. The predicted octanol–water partition coefficient (Wildman–Crippen LogP) is 4.98. The lowest BCUT2D eigenvalue weighted by atomic mass is 10.1. The monoisotopic (exact) mass is 483 g/mol. The molecule has 0 radical (unpaired) electrons. The number of anilines is 1. The second-order valence-corrected chi connectivity index (χ2v) is 7.64. The first kappa shape index (κ1) is 23.8. The first-order valence-electron chi connectivity index (χ1n) is 10.4. The highest BCUT2D eigenvalue weighted by molar-refractivity contribution is 6.04. The number of aromatic nitrogens is 2. The minimum absolute atomic E-state index is 0.197. The average molecular weight is 483 g/mol. The van der Waals surface area contributed by atoms with Crippen LogP contribution in [-0.2, 0) is 6.18 Å². The van der Waals surface area contributed by atoms with E-state index < -0.39 is 17.6 Å². The van der Waals surface area contributed by atoms with E-state index in [2.05, 4.69) is 10.3 Å². The van der Waals surface area contributed by atoms with Gasteiger partial charge in [0.15, 0.2) is 0 Å². The molecule has 0 unspecified atom stereocenters. The summed E-state index contributed by atoms with van der Waals surface area (Å²) < 4.78 is 51.3. The lowest BCUT2D eigenvalue weighted by Gasteiger charge is -2.15. The molecule has 1 heterocycles. The van der Waals surface area contributed by atoms with Crippen molar-refractivity contribution in [3.05, 3.63) is 88.0 Å². The Hall–Kier alpha value is -4.34. The van der Waals surface area contributed by atoms with Gasteiger partial charge in [0.1, 0.15) is 23.3 Å². The number of methoxy groups -OCH3 is 2. The fraction of sp³-hybridized carbons (Fsp3) is 0.160. The van der Waals surface area contributed by atoms with Crippen molar-refractivity contribution in [3.63, 3.8) is 0 Å². The van der Waals surface area contributed by atoms with Crippen LogP contribution in [0.5, 0.6) is 11.5 Å². The van der Waals surface area contributed by atoms with E-state index in [-0.39, 0.29) is 22.6 Å². The summed E-state index contributed by atoms with van der Waals surface area (Å²) in [5.41, 5.74) is 0.286. The van der Waals surface area contributed by atoms with Crippen LogP contribution in [0.25, 0.3) is 16.6 Å². The lowest BCUT2D eigenvalue weighted by Crippen LogP contribution is -2.20. The molecule has 0 aliphatic heterocycles. The van der Waals surface area contributed by atoms with Gasteiger partial charge in [0.05, 0.1) is 30.9 Å². The third-order valence-electron chi connectivity index (χ3n) is 5.46. The molecule has 180 valence electrons. The first-order chi connectivity index (χ1) is 16.6. The van der Waals surface area contributed by atoms with Crippen LogP contribution in [-0.4, -0.2) is 29.7 Å². The van der Waals surface area contributed by atoms with Gasteiger partial charge in [0.25, 0.3) is 11.5 Å². The van der Waals surface area contributed by atoms with Crippen molar-refractivity contribution in [1.82, 2.24) is 9.55 Å². The number of hydrogen-bond donors (Lipinski definition) is 1. The SMILES string of the molecule is COc1ccc(C(=O)Nc2ccc(C)c(-n3cnc4c(OC)cccc4c3=O)c2)cc1C(F)(F)F. The summed E-state index contributed by atoms with van der Waals surface area (Å²) in [6, 6.07) is 12.9. The number of hydrogen-bond acceptors (Lipinski definition) is 5. The van der Waals surface area contributed by atoms with E-state index in [0.717, 1.165) is 24.8 Å². The second kappa shape index (κ2) is 9.13. The van der Waals surface area contributed by atoms with Crippen LogP contribution in [0.2, 0.25) is 0 Å². The number of nitrogens with one attached hydrogen (secondary N) is 1. The van der Waals surface area contributed by atoms with E-state index in [1.54, 1.807) is 43.3 Å². The predicted molar refractivity (Wildman–Crippen MR) is 125 cm³/mol. The molecule has 0 saturated heterocycles. The molecule has 0 atom stereocenters. The number of alkyl halides is 3. The average Bonchev–Trinajstić information content (AvgIpc) is 2.84. The molecule has 4 rings (SSSR count). The Bertz CT molecular complexity index is 1500. The summed E-state index contributed by atoms with van der Waals surface area (Å²) in [5.74, 6) is -0.671. The van der Waals surface area contributed by atoms with Crippen molar-refractivity contribution in [3.8, 4) is 17.2 Å². The molecular weight excluding hydrogens is 463 g/mol. The quantitative estimate of drug-likeness (QED) is 0.433. The van der Waals surface area contributed by atoms with Crippen LogP contribution in [0, 0.1) is 6.92 Å². The van der Waals surface area contributed by atoms with Gasteiger partial charge in [-0.05, 0) is 55.0 Å². The number of carbonyl (C=O) groups is 1. The first-order valence-corrected chi connectivity index (χ1v) is 10.4. The van der Waals surface area contributed by atoms with Crippen molar-refractivity contribution >= 4 is 22.5 Å². The van der Waals surface area contributed by atoms with E-state index in [1.807, 2.05) is 0 Å². The molecule has 10 heteroatoms. The third kappa shape index (κ3) is 4.54. The van der Waals surface area contributed by atoms with Gasteiger partial charge in [-0.2, -0.15) is 13.2 Å². The van der Waals surface area contributed by atoms with Crippen molar-refractivity contribution in [2.24, 2.45) is 0 Å². The standard InChI is InChI=1S/C25H20F3N3O4/c1-14-7-9-16(30-23(32)15-8-10-20(34-2)18(11-15)25(26,27)28)12-19(14)31-13-29-22-17(24(31)33)5-4-6-21(22)35-3/h4-13H,1-3H3,(H,30,32). The van der Waals surface area contributed by atoms with Gasteiger partial charge < -0.3 is 14.8 Å². The Labute approximate surface area is 197 Å². The second-order valence-electron chi connectivity index (χ2n) is 7.64. The molecule has 0 bridgehead atoms. The summed E-state index contributed by atoms with van der Waals surface area (Å²) in [6.07, 6.45) is -3.33. The molecule has 35 heavy (non-hydrogen) atoms. The van der Waals surface area contributed by atoms with Crippen LogP contribution in [0.4, 0.5) is 18.9 Å². The maximum Gasteiger partial charge on any atom is 0.419 e. The molecule has 3 aromatic carbocycles. The van der Waals surface area contributed by atoms with Gasteiger partial charge >= 0.3 is 6.18 Å². The topological polar surface area (TPSA) is 82.4 Å². The summed E-state index contributed by atoms with van der Waals surface area (Å²) in [4.78, 5) is 30.2. The zero-order valence-electron chi connectivity index (χ0n) is 18.9. The van der Waals surface area contributed by atoms with E-state index in [9.17, 15) is 22.8 Å². The molecule has 1 N–H and O–H groups in total. The van der Waals surface area contributed by atoms with Crippen LogP contribution in [0.1, 0.15) is 21.5 Å². The van der Waals surface area contributed by atoms with Crippen LogP contribution in [0.3, 0.4) is 0 Å². The minimum atomic E-state index is -4.69. The Morgan fingerprint density at radius 1 is 1.00 bits per heavy atom. The maximum atomic E-state index is 13.3. The molecule has 7 nitrogen and oxygen atoms in total. The maximum absolute atomic E-state index is 13.3. The van der Waals surface area contributed by atoms with Gasteiger partial charge in [-0.25, -0.2) is 4.98 Å². The Kier molecular flexibility index (Phi) is 6.21. The molecule has 1 aromatic heterocycles. The van der Waals surface area contributed by atoms with Gasteiger partial charge in [0.2, 0.25) is 0 Å². The van der Waals surface area contributed by atoms with E-state index in [1.165, 1.54) is 24.1 Å². The highest BCUT2D eigenvalue weighted by Gasteiger charge is 2.35. The molecule has 1 amide bonds. The molecule has 0 fully saturated rings. The zero-order valence-corrected chi connectivity index (χ0v) is 18.9. The fourth-order valence-electron chi connectivity index (χ4n) is 3.68. The van der Waals surface area contributed by atoms with E-state index in [4.69, 9.17) is 9.47 Å². The van der Waals surface area contributed by atoms with E-state index in [0.29, 0.717) is 22.3 Å². The van der Waals surface area contributed by atoms with Crippen LogP contribution < -0.4 is 20.3 Å². The molecule has 0 spiro atoms. The number of amides is 1. The summed E-state index contributed by atoms with van der Waals surface area (Å²) >= 11 is 0. The van der Waals surface area contributed by atoms with Crippen molar-refractivity contribution in [2.45, 2.75) is 13.1 Å². The minimum Gasteiger partial charge on any atom is -0.496 e. The van der Waals surface area contributed by atoms with E-state index >= 15 is 0 Å². The highest BCUT2D eigenvalue weighted by atomic mass is 19.4. The molecule has 0 aliphatic rings. The van der Waals surface area contributed by atoms with Gasteiger partial charge in [-0.3, -0.25) is 14.2 Å². The van der Waals surface area contributed by atoms with Crippen molar-refractivity contribution < 1.29 is 27.4 Å². The lowest BCUT2D eigenvalue weighted by molar-refractivity contribution is -0.138.